The van der Waals surface area contributed by atoms with Crippen LogP contribution in [-0.4, -0.2) is 17.4 Å². The van der Waals surface area contributed by atoms with E-state index in [0.717, 1.165) is 43.4 Å². The first kappa shape index (κ1) is 13.2. The summed E-state index contributed by atoms with van der Waals surface area (Å²) in [6.45, 7) is 5.01. The molecule has 0 aliphatic heterocycles. The Morgan fingerprint density at radius 2 is 2.10 bits per heavy atom. The van der Waals surface area contributed by atoms with Crippen LogP contribution in [0.3, 0.4) is 0 Å². The highest BCUT2D eigenvalue weighted by molar-refractivity contribution is 5.98. The lowest BCUT2D eigenvalue weighted by molar-refractivity contribution is -0.123. The summed E-state index contributed by atoms with van der Waals surface area (Å²) in [6.07, 6.45) is 4.09. The molecule has 2 aromatic rings. The van der Waals surface area contributed by atoms with Crippen LogP contribution < -0.4 is 5.32 Å². The molecule has 3 heteroatoms. The molecule has 1 aliphatic carbocycles. The first-order valence-corrected chi connectivity index (χ1v) is 7.55. The van der Waals surface area contributed by atoms with Crippen LogP contribution in [-0.2, 0) is 10.2 Å². The van der Waals surface area contributed by atoms with E-state index in [1.165, 1.54) is 10.9 Å². The Morgan fingerprint density at radius 1 is 1.35 bits per heavy atom. The number of carbonyl (C=O) groups is 1. The van der Waals surface area contributed by atoms with Gasteiger partial charge in [-0.05, 0) is 37.8 Å². The van der Waals surface area contributed by atoms with Gasteiger partial charge in [0.1, 0.15) is 0 Å². The second kappa shape index (κ2) is 4.97. The van der Waals surface area contributed by atoms with Crippen LogP contribution in [0.15, 0.2) is 24.3 Å². The third kappa shape index (κ3) is 2.01. The predicted molar refractivity (Wildman–Crippen MR) is 81.9 cm³/mol. The molecule has 3 nitrogen and oxygen atoms in total. The number of benzene rings is 1. The quantitative estimate of drug-likeness (QED) is 0.803. The summed E-state index contributed by atoms with van der Waals surface area (Å²) in [5.74, 6) is 0.207. The zero-order chi connectivity index (χ0) is 14.2. The molecule has 0 unspecified atom stereocenters. The van der Waals surface area contributed by atoms with Crippen molar-refractivity contribution in [1.29, 1.82) is 0 Å². The van der Waals surface area contributed by atoms with Crippen molar-refractivity contribution in [1.82, 2.24) is 10.3 Å². The molecule has 1 aliphatic rings. The fourth-order valence-corrected chi connectivity index (χ4v) is 3.16. The van der Waals surface area contributed by atoms with Gasteiger partial charge >= 0.3 is 0 Å². The van der Waals surface area contributed by atoms with Crippen molar-refractivity contribution in [3.05, 3.63) is 35.5 Å². The highest BCUT2D eigenvalue weighted by Crippen LogP contribution is 2.51. The molecule has 20 heavy (non-hydrogen) atoms. The SMILES string of the molecule is CCCCNC(=O)C1(c2c(C)[nH]c3ccccc23)CC1. The number of para-hydroxylation sites is 1. The molecule has 0 spiro atoms. The highest BCUT2D eigenvalue weighted by atomic mass is 16.2. The van der Waals surface area contributed by atoms with Gasteiger partial charge in [0.15, 0.2) is 0 Å². The zero-order valence-corrected chi connectivity index (χ0v) is 12.3. The number of unbranched alkanes of at least 4 members (excludes halogenated alkanes) is 1. The molecule has 1 fully saturated rings. The second-order valence-electron chi connectivity index (χ2n) is 5.86. The molecule has 1 aromatic heterocycles. The van der Waals surface area contributed by atoms with Crippen molar-refractivity contribution >= 4 is 16.8 Å². The fraction of sp³-hybridized carbons (Fsp3) is 0.471. The van der Waals surface area contributed by atoms with Crippen molar-refractivity contribution in [2.45, 2.75) is 44.9 Å². The Kier molecular flexibility index (Phi) is 3.28. The van der Waals surface area contributed by atoms with Gasteiger partial charge in [0.2, 0.25) is 5.91 Å². The lowest BCUT2D eigenvalue weighted by atomic mass is 9.92. The average Bonchev–Trinajstić information content (AvgIpc) is 3.16. The lowest BCUT2D eigenvalue weighted by Crippen LogP contribution is -2.35. The normalized spacial score (nSPS) is 16.3. The molecule has 3 rings (SSSR count). The monoisotopic (exact) mass is 270 g/mol. The Balaban J connectivity index is 1.94. The van der Waals surface area contributed by atoms with Gasteiger partial charge in [-0.3, -0.25) is 4.79 Å². The van der Waals surface area contributed by atoms with Gasteiger partial charge in [-0.15, -0.1) is 0 Å². The molecule has 1 saturated carbocycles. The minimum Gasteiger partial charge on any atom is -0.358 e. The molecule has 1 heterocycles. The van der Waals surface area contributed by atoms with Crippen LogP contribution in [0.2, 0.25) is 0 Å². The molecule has 0 saturated heterocycles. The van der Waals surface area contributed by atoms with Crippen LogP contribution >= 0.6 is 0 Å². The third-order valence-electron chi connectivity index (χ3n) is 4.37. The minimum atomic E-state index is -0.280. The molecule has 0 atom stereocenters. The molecule has 1 amide bonds. The van der Waals surface area contributed by atoms with E-state index < -0.39 is 0 Å². The highest BCUT2D eigenvalue weighted by Gasteiger charge is 2.53. The molecule has 1 aromatic carbocycles. The topological polar surface area (TPSA) is 44.9 Å². The lowest BCUT2D eigenvalue weighted by Gasteiger charge is -2.16. The maximum absolute atomic E-state index is 12.6. The number of rotatable bonds is 5. The van der Waals surface area contributed by atoms with E-state index in [0.29, 0.717) is 0 Å². The van der Waals surface area contributed by atoms with E-state index in [4.69, 9.17) is 0 Å². The van der Waals surface area contributed by atoms with Crippen LogP contribution in [0.4, 0.5) is 0 Å². The summed E-state index contributed by atoms with van der Waals surface area (Å²) in [4.78, 5) is 16.0. The number of hydrogen-bond acceptors (Lipinski definition) is 1. The second-order valence-corrected chi connectivity index (χ2v) is 5.86. The van der Waals surface area contributed by atoms with Gasteiger partial charge < -0.3 is 10.3 Å². The van der Waals surface area contributed by atoms with Crippen LogP contribution in [0.1, 0.15) is 43.9 Å². The van der Waals surface area contributed by atoms with E-state index >= 15 is 0 Å². The number of H-pyrrole nitrogens is 1. The maximum Gasteiger partial charge on any atom is 0.230 e. The van der Waals surface area contributed by atoms with Gasteiger partial charge in [0.25, 0.3) is 0 Å². The minimum absolute atomic E-state index is 0.207. The van der Waals surface area contributed by atoms with Crippen LogP contribution in [0.5, 0.6) is 0 Å². The number of aromatic amines is 1. The first-order valence-electron chi connectivity index (χ1n) is 7.55. The number of nitrogens with one attached hydrogen (secondary N) is 2. The van der Waals surface area contributed by atoms with E-state index in [1.54, 1.807) is 0 Å². The molecule has 106 valence electrons. The smallest absolute Gasteiger partial charge is 0.230 e. The van der Waals surface area contributed by atoms with Crippen LogP contribution in [0.25, 0.3) is 10.9 Å². The molecule has 2 N–H and O–H groups in total. The van der Waals surface area contributed by atoms with Gasteiger partial charge in [-0.1, -0.05) is 31.5 Å². The number of aryl methyl sites for hydroxylation is 1. The van der Waals surface area contributed by atoms with Gasteiger partial charge in [-0.25, -0.2) is 0 Å². The molecular weight excluding hydrogens is 248 g/mol. The molecule has 0 bridgehead atoms. The largest absolute Gasteiger partial charge is 0.358 e. The van der Waals surface area contributed by atoms with Crippen LogP contribution in [0, 0.1) is 6.92 Å². The Labute approximate surface area is 119 Å². The Hall–Kier alpha value is -1.77. The standard InChI is InChI=1S/C17H22N2O/c1-3-4-11-18-16(20)17(9-10-17)15-12(2)19-14-8-6-5-7-13(14)15/h5-8,19H,3-4,9-11H2,1-2H3,(H,18,20). The molecule has 0 radical (unpaired) electrons. The van der Waals surface area contributed by atoms with Gasteiger partial charge in [0, 0.05) is 23.1 Å². The number of aromatic nitrogens is 1. The van der Waals surface area contributed by atoms with Crippen molar-refractivity contribution < 1.29 is 4.79 Å². The third-order valence-corrected chi connectivity index (χ3v) is 4.37. The number of amides is 1. The summed E-state index contributed by atoms with van der Waals surface area (Å²) in [7, 11) is 0. The fourth-order valence-electron chi connectivity index (χ4n) is 3.16. The number of fused-ring (bicyclic) bond motifs is 1. The first-order chi connectivity index (χ1) is 9.69. The van der Waals surface area contributed by atoms with Crippen molar-refractivity contribution in [3.63, 3.8) is 0 Å². The van der Waals surface area contributed by atoms with E-state index in [1.807, 2.05) is 12.1 Å². The average molecular weight is 270 g/mol. The van der Waals surface area contributed by atoms with Crippen molar-refractivity contribution in [2.75, 3.05) is 6.54 Å². The summed E-state index contributed by atoms with van der Waals surface area (Å²) in [6, 6.07) is 8.28. The van der Waals surface area contributed by atoms with E-state index in [9.17, 15) is 4.79 Å². The van der Waals surface area contributed by atoms with E-state index in [-0.39, 0.29) is 11.3 Å². The number of hydrogen-bond donors (Lipinski definition) is 2. The Morgan fingerprint density at radius 3 is 2.80 bits per heavy atom. The summed E-state index contributed by atoms with van der Waals surface area (Å²) in [5.41, 5.74) is 3.20. The van der Waals surface area contributed by atoms with Gasteiger partial charge in [-0.2, -0.15) is 0 Å². The summed E-state index contributed by atoms with van der Waals surface area (Å²) in [5, 5.41) is 4.32. The predicted octanol–water partition coefficient (Wildman–Crippen LogP) is 3.42. The summed E-state index contributed by atoms with van der Waals surface area (Å²) < 4.78 is 0. The van der Waals surface area contributed by atoms with E-state index in [2.05, 4.69) is 36.3 Å². The van der Waals surface area contributed by atoms with Gasteiger partial charge in [0.05, 0.1) is 5.41 Å². The number of carbonyl (C=O) groups excluding carboxylic acids is 1. The summed E-state index contributed by atoms with van der Waals surface area (Å²) >= 11 is 0. The van der Waals surface area contributed by atoms with Crippen molar-refractivity contribution in [3.8, 4) is 0 Å². The zero-order valence-electron chi connectivity index (χ0n) is 12.3. The Bertz CT molecular complexity index is 637. The molecular formula is C17H22N2O. The maximum atomic E-state index is 12.6. The van der Waals surface area contributed by atoms with Crippen molar-refractivity contribution in [2.24, 2.45) is 0 Å².